The summed E-state index contributed by atoms with van der Waals surface area (Å²) in [7, 11) is 1.37. The van der Waals surface area contributed by atoms with E-state index >= 15 is 0 Å². The van der Waals surface area contributed by atoms with Gasteiger partial charge in [-0.25, -0.2) is 4.98 Å². The average molecular weight is 309 g/mol. The molecule has 21 heavy (non-hydrogen) atoms. The van der Waals surface area contributed by atoms with Crippen LogP contribution in [0.25, 0.3) is 0 Å². The SMILES string of the molecule is COc1cc([N+](=O)[O-])ccc1NC(=O)CSc1ncn[nH]1. The monoisotopic (exact) mass is 309 g/mol. The van der Waals surface area contributed by atoms with Gasteiger partial charge in [-0.15, -0.1) is 0 Å². The lowest BCUT2D eigenvalue weighted by Gasteiger charge is -2.09. The Morgan fingerprint density at radius 1 is 1.57 bits per heavy atom. The molecule has 0 aliphatic heterocycles. The molecule has 0 bridgehead atoms. The number of nitro groups is 1. The molecule has 1 aromatic heterocycles. The number of thioether (sulfide) groups is 1. The zero-order valence-corrected chi connectivity index (χ0v) is 11.7. The van der Waals surface area contributed by atoms with Crippen LogP contribution in [0.4, 0.5) is 11.4 Å². The number of aromatic amines is 1. The molecule has 0 spiro atoms. The van der Waals surface area contributed by atoms with E-state index in [0.29, 0.717) is 10.8 Å². The number of aromatic nitrogens is 3. The number of H-pyrrole nitrogens is 1. The molecule has 10 heteroatoms. The zero-order chi connectivity index (χ0) is 15.2. The maximum absolute atomic E-state index is 11.8. The normalized spacial score (nSPS) is 10.1. The molecule has 0 radical (unpaired) electrons. The van der Waals surface area contributed by atoms with Crippen molar-refractivity contribution in [1.82, 2.24) is 15.2 Å². The summed E-state index contributed by atoms with van der Waals surface area (Å²) in [5.41, 5.74) is 0.257. The van der Waals surface area contributed by atoms with Crippen molar-refractivity contribution in [2.75, 3.05) is 18.2 Å². The minimum absolute atomic E-state index is 0.110. The number of nitro benzene ring substituents is 1. The van der Waals surface area contributed by atoms with Crippen LogP contribution in [0.1, 0.15) is 0 Å². The van der Waals surface area contributed by atoms with Crippen LogP contribution in [-0.4, -0.2) is 38.9 Å². The maximum atomic E-state index is 11.8. The fourth-order valence-corrected chi connectivity index (χ4v) is 2.06. The maximum Gasteiger partial charge on any atom is 0.273 e. The first-order chi connectivity index (χ1) is 10.1. The lowest BCUT2D eigenvalue weighted by Crippen LogP contribution is -2.14. The Morgan fingerprint density at radius 2 is 2.38 bits per heavy atom. The summed E-state index contributed by atoms with van der Waals surface area (Å²) in [5, 5.41) is 20.1. The van der Waals surface area contributed by atoms with Crippen LogP contribution in [0.15, 0.2) is 29.7 Å². The molecule has 0 saturated heterocycles. The molecule has 0 aliphatic carbocycles. The Balaban J connectivity index is 2.01. The molecule has 1 heterocycles. The van der Waals surface area contributed by atoms with Gasteiger partial charge in [0, 0.05) is 6.07 Å². The fraction of sp³-hybridized carbons (Fsp3) is 0.182. The third kappa shape index (κ3) is 3.92. The molecule has 0 aliphatic rings. The van der Waals surface area contributed by atoms with Gasteiger partial charge in [0.1, 0.15) is 12.1 Å². The van der Waals surface area contributed by atoms with Crippen LogP contribution in [0.5, 0.6) is 5.75 Å². The fourth-order valence-electron chi connectivity index (χ4n) is 1.48. The molecule has 0 saturated carbocycles. The molecule has 1 aromatic carbocycles. The molecule has 0 atom stereocenters. The third-order valence-corrected chi connectivity index (χ3v) is 3.28. The van der Waals surface area contributed by atoms with E-state index in [0.717, 1.165) is 0 Å². The van der Waals surface area contributed by atoms with Crippen LogP contribution >= 0.6 is 11.8 Å². The number of ether oxygens (including phenoxy) is 1. The molecular formula is C11H11N5O4S. The summed E-state index contributed by atoms with van der Waals surface area (Å²) in [6.07, 6.45) is 1.35. The number of nitrogens with one attached hydrogen (secondary N) is 2. The van der Waals surface area contributed by atoms with E-state index in [1.807, 2.05) is 0 Å². The molecule has 2 rings (SSSR count). The standard InChI is InChI=1S/C11H11N5O4S/c1-20-9-4-7(16(18)19)2-3-8(9)14-10(17)5-21-11-12-6-13-15-11/h2-4,6H,5H2,1H3,(H,14,17)(H,12,13,15). The number of carbonyl (C=O) groups is 1. The quantitative estimate of drug-likeness (QED) is 0.470. The second-order valence-electron chi connectivity index (χ2n) is 3.77. The Labute approximate surface area is 123 Å². The molecule has 0 unspecified atom stereocenters. The van der Waals surface area contributed by atoms with E-state index in [4.69, 9.17) is 4.74 Å². The Morgan fingerprint density at radius 3 is 3.00 bits per heavy atom. The number of nitrogens with zero attached hydrogens (tertiary/aromatic N) is 3. The van der Waals surface area contributed by atoms with Gasteiger partial charge in [-0.1, -0.05) is 11.8 Å². The molecule has 9 nitrogen and oxygen atoms in total. The van der Waals surface area contributed by atoms with E-state index in [1.54, 1.807) is 0 Å². The highest BCUT2D eigenvalue weighted by Crippen LogP contribution is 2.29. The lowest BCUT2D eigenvalue weighted by atomic mass is 10.2. The predicted molar refractivity (Wildman–Crippen MR) is 75.4 cm³/mol. The van der Waals surface area contributed by atoms with Crippen molar-refractivity contribution in [3.8, 4) is 5.75 Å². The first kappa shape index (κ1) is 14.8. The highest BCUT2D eigenvalue weighted by molar-refractivity contribution is 7.99. The summed E-state index contributed by atoms with van der Waals surface area (Å²) in [6.45, 7) is 0. The summed E-state index contributed by atoms with van der Waals surface area (Å²) >= 11 is 1.19. The van der Waals surface area contributed by atoms with Crippen molar-refractivity contribution in [3.05, 3.63) is 34.6 Å². The van der Waals surface area contributed by atoms with Crippen molar-refractivity contribution in [1.29, 1.82) is 0 Å². The van der Waals surface area contributed by atoms with Gasteiger partial charge in [0.05, 0.1) is 29.5 Å². The summed E-state index contributed by atoms with van der Waals surface area (Å²) < 4.78 is 5.03. The molecule has 110 valence electrons. The molecule has 2 N–H and O–H groups in total. The predicted octanol–water partition coefficient (Wildman–Crippen LogP) is 1.45. The minimum Gasteiger partial charge on any atom is -0.494 e. The first-order valence-electron chi connectivity index (χ1n) is 5.70. The van der Waals surface area contributed by atoms with E-state index in [9.17, 15) is 14.9 Å². The second kappa shape index (κ2) is 6.70. The Hall–Kier alpha value is -2.62. The van der Waals surface area contributed by atoms with Gasteiger partial charge in [0.2, 0.25) is 5.91 Å². The van der Waals surface area contributed by atoms with Crippen LogP contribution in [0, 0.1) is 10.1 Å². The van der Waals surface area contributed by atoms with Gasteiger partial charge in [-0.05, 0) is 6.07 Å². The molecule has 0 fully saturated rings. The number of anilines is 1. The van der Waals surface area contributed by atoms with E-state index in [-0.39, 0.29) is 23.1 Å². The lowest BCUT2D eigenvalue weighted by molar-refractivity contribution is -0.384. The van der Waals surface area contributed by atoms with Crippen molar-refractivity contribution in [2.45, 2.75) is 5.16 Å². The number of amides is 1. The van der Waals surface area contributed by atoms with Crippen LogP contribution < -0.4 is 10.1 Å². The smallest absolute Gasteiger partial charge is 0.273 e. The minimum atomic E-state index is -0.534. The number of benzene rings is 1. The van der Waals surface area contributed by atoms with Gasteiger partial charge in [-0.3, -0.25) is 20.0 Å². The van der Waals surface area contributed by atoms with Crippen LogP contribution in [0.3, 0.4) is 0 Å². The zero-order valence-electron chi connectivity index (χ0n) is 10.9. The van der Waals surface area contributed by atoms with Crippen LogP contribution in [0.2, 0.25) is 0 Å². The van der Waals surface area contributed by atoms with Gasteiger partial charge >= 0.3 is 0 Å². The van der Waals surface area contributed by atoms with Crippen LogP contribution in [-0.2, 0) is 4.79 Å². The first-order valence-corrected chi connectivity index (χ1v) is 6.69. The Bertz CT molecular complexity index is 646. The van der Waals surface area contributed by atoms with Gasteiger partial charge in [0.15, 0.2) is 5.16 Å². The van der Waals surface area contributed by atoms with E-state index in [2.05, 4.69) is 20.5 Å². The summed E-state index contributed by atoms with van der Waals surface area (Å²) in [5.74, 6) is 0.0563. The average Bonchev–Trinajstić information content (AvgIpc) is 2.98. The van der Waals surface area contributed by atoms with E-state index in [1.165, 1.54) is 43.4 Å². The molecular weight excluding hydrogens is 298 g/mol. The summed E-state index contributed by atoms with van der Waals surface area (Å²) in [4.78, 5) is 25.8. The molecule has 1 amide bonds. The largest absolute Gasteiger partial charge is 0.494 e. The topological polar surface area (TPSA) is 123 Å². The number of methoxy groups -OCH3 is 1. The summed E-state index contributed by atoms with van der Waals surface area (Å²) in [6, 6.07) is 3.97. The van der Waals surface area contributed by atoms with Crippen molar-refractivity contribution in [2.24, 2.45) is 0 Å². The third-order valence-electron chi connectivity index (χ3n) is 2.40. The number of rotatable bonds is 6. The number of non-ortho nitro benzene ring substituents is 1. The van der Waals surface area contributed by atoms with E-state index < -0.39 is 4.92 Å². The number of carbonyl (C=O) groups excluding carboxylic acids is 1. The van der Waals surface area contributed by atoms with Gasteiger partial charge in [0.25, 0.3) is 5.69 Å². The van der Waals surface area contributed by atoms with Gasteiger partial charge < -0.3 is 10.1 Å². The number of hydrogen-bond donors (Lipinski definition) is 2. The number of hydrogen-bond acceptors (Lipinski definition) is 7. The van der Waals surface area contributed by atoms with Crippen molar-refractivity contribution < 1.29 is 14.5 Å². The highest BCUT2D eigenvalue weighted by atomic mass is 32.2. The Kier molecular flexibility index (Phi) is 4.72. The van der Waals surface area contributed by atoms with Crippen molar-refractivity contribution in [3.63, 3.8) is 0 Å². The highest BCUT2D eigenvalue weighted by Gasteiger charge is 2.13. The second-order valence-corrected chi connectivity index (χ2v) is 4.73. The molecule has 2 aromatic rings. The van der Waals surface area contributed by atoms with Gasteiger partial charge in [-0.2, -0.15) is 5.10 Å². The van der Waals surface area contributed by atoms with Crippen molar-refractivity contribution >= 4 is 29.0 Å².